The molecule has 2 heterocycles. The topological polar surface area (TPSA) is 52.0 Å². The van der Waals surface area contributed by atoms with Crippen LogP contribution in [0, 0.1) is 0 Å². The molecule has 0 radical (unpaired) electrons. The molecular weight excluding hydrogens is 360 g/mol. The van der Waals surface area contributed by atoms with Gasteiger partial charge in [-0.05, 0) is 37.7 Å². The molecule has 2 aromatic carbocycles. The van der Waals surface area contributed by atoms with Gasteiger partial charge in [-0.2, -0.15) is 5.10 Å². The van der Waals surface area contributed by atoms with Crippen molar-refractivity contribution in [3.05, 3.63) is 94.3 Å². The molecule has 0 saturated carbocycles. The molecule has 0 bridgehead atoms. The van der Waals surface area contributed by atoms with Gasteiger partial charge in [-0.25, -0.2) is 0 Å². The summed E-state index contributed by atoms with van der Waals surface area (Å²) in [6.45, 7) is 0.727. The number of carbonyl (C=O) groups excluding carboxylic acids is 2. The minimum Gasteiger partial charge on any atom is -0.288 e. The van der Waals surface area contributed by atoms with Crippen molar-refractivity contribution in [2.75, 3.05) is 0 Å². The van der Waals surface area contributed by atoms with Gasteiger partial charge in [0.05, 0.1) is 11.3 Å². The van der Waals surface area contributed by atoms with E-state index in [9.17, 15) is 9.59 Å². The molecule has 0 amide bonds. The van der Waals surface area contributed by atoms with Crippen molar-refractivity contribution in [1.82, 2.24) is 9.78 Å². The van der Waals surface area contributed by atoms with E-state index in [-0.39, 0.29) is 17.3 Å². The summed E-state index contributed by atoms with van der Waals surface area (Å²) in [4.78, 5) is 26.9. The van der Waals surface area contributed by atoms with Gasteiger partial charge in [0.2, 0.25) is 5.78 Å². The standard InChI is InChI=1S/C25H22N2O2/c28-24(18-10-3-1-4-11-18)21-22(25(29)19-12-5-2-6-13-19)26-27-16-15-17-9-7-8-14-20(17)23(21)27/h1-6,10-13H,7-9,14-16H2. The number of allylic oxidation sites excluding steroid dienone is 2. The van der Waals surface area contributed by atoms with Crippen molar-refractivity contribution in [3.8, 4) is 0 Å². The molecule has 1 aliphatic carbocycles. The summed E-state index contributed by atoms with van der Waals surface area (Å²) in [6, 6.07) is 18.3. The predicted molar refractivity (Wildman–Crippen MR) is 112 cm³/mol. The van der Waals surface area contributed by atoms with Crippen molar-refractivity contribution >= 4 is 17.1 Å². The molecule has 2 aliphatic rings. The van der Waals surface area contributed by atoms with Gasteiger partial charge in [-0.3, -0.25) is 14.3 Å². The van der Waals surface area contributed by atoms with Gasteiger partial charge in [0.1, 0.15) is 5.69 Å². The number of rotatable bonds is 4. The lowest BCUT2D eigenvalue weighted by Crippen LogP contribution is -2.17. The first-order valence-electron chi connectivity index (χ1n) is 10.3. The van der Waals surface area contributed by atoms with Crippen LogP contribution in [-0.2, 0) is 6.54 Å². The molecule has 0 atom stereocenters. The number of hydrogen-bond acceptors (Lipinski definition) is 3. The first kappa shape index (κ1) is 17.8. The van der Waals surface area contributed by atoms with Crippen LogP contribution in [0.4, 0.5) is 0 Å². The summed E-state index contributed by atoms with van der Waals surface area (Å²) in [5.74, 6) is -0.310. The third-order valence-electron chi connectivity index (χ3n) is 5.96. The highest BCUT2D eigenvalue weighted by Crippen LogP contribution is 2.40. The van der Waals surface area contributed by atoms with E-state index in [1.54, 1.807) is 12.1 Å². The van der Waals surface area contributed by atoms with Crippen LogP contribution < -0.4 is 0 Å². The van der Waals surface area contributed by atoms with Crippen molar-refractivity contribution in [2.45, 2.75) is 38.6 Å². The average molecular weight is 382 g/mol. The molecule has 144 valence electrons. The Kier molecular flexibility index (Phi) is 4.47. The fraction of sp³-hybridized carbons (Fsp3) is 0.240. The van der Waals surface area contributed by atoms with Gasteiger partial charge >= 0.3 is 0 Å². The Hall–Kier alpha value is -3.27. The van der Waals surface area contributed by atoms with Crippen LogP contribution in [0.1, 0.15) is 69.8 Å². The fourth-order valence-electron chi connectivity index (χ4n) is 4.53. The second-order valence-electron chi connectivity index (χ2n) is 7.72. The second kappa shape index (κ2) is 7.28. The molecular formula is C25H22N2O2. The Labute approximate surface area is 169 Å². The number of nitrogens with zero attached hydrogens (tertiary/aromatic N) is 2. The monoisotopic (exact) mass is 382 g/mol. The lowest BCUT2D eigenvalue weighted by molar-refractivity contribution is 0.100. The number of benzene rings is 2. The average Bonchev–Trinajstić information content (AvgIpc) is 3.19. The molecule has 0 unspecified atom stereocenters. The lowest BCUT2D eigenvalue weighted by Gasteiger charge is -2.26. The van der Waals surface area contributed by atoms with Crippen molar-refractivity contribution in [2.24, 2.45) is 0 Å². The maximum atomic E-state index is 13.6. The summed E-state index contributed by atoms with van der Waals surface area (Å²) >= 11 is 0. The summed E-state index contributed by atoms with van der Waals surface area (Å²) in [6.07, 6.45) is 5.31. The molecule has 0 saturated heterocycles. The summed E-state index contributed by atoms with van der Waals surface area (Å²) in [5.41, 5.74) is 5.44. The SMILES string of the molecule is O=C(c1ccccc1)c1nn2c(c1C(=O)c1ccccc1)C1=C(CCCC1)CC2. The Bertz CT molecular complexity index is 1120. The van der Waals surface area contributed by atoms with E-state index in [2.05, 4.69) is 5.10 Å². The van der Waals surface area contributed by atoms with Crippen LogP contribution in [0.25, 0.3) is 5.57 Å². The molecule has 1 aliphatic heterocycles. The zero-order valence-corrected chi connectivity index (χ0v) is 16.2. The quantitative estimate of drug-likeness (QED) is 0.592. The van der Waals surface area contributed by atoms with Gasteiger partial charge in [-0.1, -0.05) is 66.2 Å². The van der Waals surface area contributed by atoms with Crippen molar-refractivity contribution in [1.29, 1.82) is 0 Å². The van der Waals surface area contributed by atoms with Crippen LogP contribution in [0.15, 0.2) is 66.2 Å². The number of fused-ring (bicyclic) bond motifs is 2. The minimum atomic E-state index is -0.190. The molecule has 4 heteroatoms. The summed E-state index contributed by atoms with van der Waals surface area (Å²) in [7, 11) is 0. The van der Waals surface area contributed by atoms with E-state index in [0.29, 0.717) is 16.7 Å². The molecule has 4 nitrogen and oxygen atoms in total. The minimum absolute atomic E-state index is 0.120. The maximum absolute atomic E-state index is 13.6. The molecule has 5 rings (SSSR count). The van der Waals surface area contributed by atoms with Crippen LogP contribution in [0.5, 0.6) is 0 Å². The first-order chi connectivity index (χ1) is 14.2. The van der Waals surface area contributed by atoms with Crippen LogP contribution >= 0.6 is 0 Å². The zero-order chi connectivity index (χ0) is 19.8. The lowest BCUT2D eigenvalue weighted by atomic mass is 9.83. The molecule has 0 spiro atoms. The number of hydrogen-bond donors (Lipinski definition) is 0. The predicted octanol–water partition coefficient (Wildman–Crippen LogP) is 5.08. The maximum Gasteiger partial charge on any atom is 0.214 e. The van der Waals surface area contributed by atoms with E-state index in [1.807, 2.05) is 53.2 Å². The van der Waals surface area contributed by atoms with Gasteiger partial charge < -0.3 is 0 Å². The van der Waals surface area contributed by atoms with Gasteiger partial charge in [0.15, 0.2) is 5.78 Å². The van der Waals surface area contributed by atoms with Gasteiger partial charge in [0, 0.05) is 17.7 Å². The summed E-state index contributed by atoms with van der Waals surface area (Å²) in [5, 5.41) is 4.68. The second-order valence-corrected chi connectivity index (χ2v) is 7.72. The number of aryl methyl sites for hydroxylation is 1. The Morgan fingerprint density at radius 2 is 1.38 bits per heavy atom. The number of aromatic nitrogens is 2. The van der Waals surface area contributed by atoms with Crippen LogP contribution in [-0.4, -0.2) is 21.3 Å². The van der Waals surface area contributed by atoms with Crippen LogP contribution in [0.3, 0.4) is 0 Å². The summed E-state index contributed by atoms with van der Waals surface area (Å²) < 4.78 is 1.90. The number of ketones is 2. The zero-order valence-electron chi connectivity index (χ0n) is 16.2. The largest absolute Gasteiger partial charge is 0.288 e. The van der Waals surface area contributed by atoms with Crippen molar-refractivity contribution in [3.63, 3.8) is 0 Å². The third kappa shape index (κ3) is 3.05. The van der Waals surface area contributed by atoms with E-state index >= 15 is 0 Å². The normalized spacial score (nSPS) is 15.6. The van der Waals surface area contributed by atoms with Gasteiger partial charge in [0.25, 0.3) is 0 Å². The highest BCUT2D eigenvalue weighted by molar-refractivity contribution is 6.20. The van der Waals surface area contributed by atoms with E-state index in [0.717, 1.165) is 37.9 Å². The van der Waals surface area contributed by atoms with E-state index < -0.39 is 0 Å². The highest BCUT2D eigenvalue weighted by Gasteiger charge is 2.34. The molecule has 1 aromatic heterocycles. The van der Waals surface area contributed by atoms with E-state index in [4.69, 9.17) is 0 Å². The smallest absolute Gasteiger partial charge is 0.214 e. The third-order valence-corrected chi connectivity index (χ3v) is 5.96. The first-order valence-corrected chi connectivity index (χ1v) is 10.3. The Morgan fingerprint density at radius 3 is 2.07 bits per heavy atom. The Morgan fingerprint density at radius 1 is 0.759 bits per heavy atom. The molecule has 29 heavy (non-hydrogen) atoms. The molecule has 0 N–H and O–H groups in total. The fourth-order valence-corrected chi connectivity index (χ4v) is 4.53. The Balaban J connectivity index is 1.72. The van der Waals surface area contributed by atoms with Crippen molar-refractivity contribution < 1.29 is 9.59 Å². The molecule has 0 fully saturated rings. The number of carbonyl (C=O) groups is 2. The van der Waals surface area contributed by atoms with E-state index in [1.165, 1.54) is 17.6 Å². The highest BCUT2D eigenvalue weighted by atomic mass is 16.1. The van der Waals surface area contributed by atoms with Gasteiger partial charge in [-0.15, -0.1) is 0 Å². The van der Waals surface area contributed by atoms with Crippen LogP contribution in [0.2, 0.25) is 0 Å². The molecule has 3 aromatic rings.